The molecule has 0 aromatic heterocycles. The van der Waals surface area contributed by atoms with Crippen molar-refractivity contribution in [3.8, 4) is 0 Å². The van der Waals surface area contributed by atoms with Gasteiger partial charge >= 0.3 is 5.97 Å². The van der Waals surface area contributed by atoms with Crippen LogP contribution >= 0.6 is 0 Å². The third-order valence-corrected chi connectivity index (χ3v) is 3.23. The zero-order valence-corrected chi connectivity index (χ0v) is 12.5. The molecule has 110 valence electrons. The highest BCUT2D eigenvalue weighted by Crippen LogP contribution is 2.26. The molecule has 1 N–H and O–H groups in total. The summed E-state index contributed by atoms with van der Waals surface area (Å²) in [7, 11) is 5.21. The zero-order valence-electron chi connectivity index (χ0n) is 12.5. The number of hydrogen-bond acceptors (Lipinski definition) is 5. The van der Waals surface area contributed by atoms with Crippen LogP contribution < -0.4 is 4.90 Å². The van der Waals surface area contributed by atoms with E-state index in [9.17, 15) is 9.90 Å². The molecular formula is C16H18N2O3. The maximum atomic E-state index is 11.6. The quantitative estimate of drug-likeness (QED) is 0.867. The van der Waals surface area contributed by atoms with Gasteiger partial charge in [0.05, 0.1) is 12.8 Å². The number of aliphatic hydroxyl groups excluding tert-OH is 1. The van der Waals surface area contributed by atoms with Crippen molar-refractivity contribution in [3.05, 3.63) is 46.9 Å². The second kappa shape index (κ2) is 5.83. The first kappa shape index (κ1) is 14.8. The number of aliphatic imine (C=N–C) groups is 1. The maximum absolute atomic E-state index is 11.6. The molecule has 5 heteroatoms. The summed E-state index contributed by atoms with van der Waals surface area (Å²) in [6.45, 7) is 1.67. The highest BCUT2D eigenvalue weighted by atomic mass is 16.5. The normalized spacial score (nSPS) is 16.2. The van der Waals surface area contributed by atoms with Crippen molar-refractivity contribution in [2.45, 2.75) is 6.92 Å². The Morgan fingerprint density at radius 1 is 1.29 bits per heavy atom. The lowest BCUT2D eigenvalue weighted by molar-refractivity contribution is -0.135. The Bertz CT molecular complexity index is 653. The Morgan fingerprint density at radius 2 is 1.90 bits per heavy atom. The minimum Gasteiger partial charge on any atom is -0.505 e. The smallest absolute Gasteiger partial charge is 0.343 e. The highest BCUT2D eigenvalue weighted by Gasteiger charge is 2.27. The van der Waals surface area contributed by atoms with Gasteiger partial charge in [0.1, 0.15) is 11.3 Å². The maximum Gasteiger partial charge on any atom is 0.343 e. The number of nitrogens with zero attached hydrogens (tertiary/aromatic N) is 2. The molecule has 0 aliphatic carbocycles. The third-order valence-electron chi connectivity index (χ3n) is 3.23. The number of benzene rings is 1. The van der Waals surface area contributed by atoms with Crippen molar-refractivity contribution < 1.29 is 14.6 Å². The first-order valence-electron chi connectivity index (χ1n) is 6.50. The van der Waals surface area contributed by atoms with E-state index in [4.69, 9.17) is 0 Å². The van der Waals surface area contributed by atoms with Crippen LogP contribution in [0, 0.1) is 0 Å². The van der Waals surface area contributed by atoms with E-state index in [-0.39, 0.29) is 11.3 Å². The van der Waals surface area contributed by atoms with E-state index < -0.39 is 5.97 Å². The number of esters is 1. The van der Waals surface area contributed by atoms with Gasteiger partial charge in [-0.05, 0) is 30.7 Å². The average Bonchev–Trinajstić information content (AvgIpc) is 2.73. The predicted octanol–water partition coefficient (Wildman–Crippen LogP) is 2.55. The van der Waals surface area contributed by atoms with Crippen LogP contribution in [0.4, 0.5) is 5.69 Å². The van der Waals surface area contributed by atoms with Crippen LogP contribution in [-0.2, 0) is 9.53 Å². The number of ether oxygens (including phenoxy) is 1. The molecule has 1 aromatic rings. The van der Waals surface area contributed by atoms with Crippen molar-refractivity contribution >= 4 is 23.4 Å². The molecule has 0 atom stereocenters. The van der Waals surface area contributed by atoms with E-state index >= 15 is 0 Å². The van der Waals surface area contributed by atoms with Crippen LogP contribution in [0.25, 0.3) is 6.08 Å². The minimum absolute atomic E-state index is 0.119. The summed E-state index contributed by atoms with van der Waals surface area (Å²) in [5, 5.41) is 10.1. The summed E-state index contributed by atoms with van der Waals surface area (Å²) in [5.74, 6) is -0.726. The van der Waals surface area contributed by atoms with E-state index in [1.807, 2.05) is 43.3 Å². The van der Waals surface area contributed by atoms with Gasteiger partial charge in [0.2, 0.25) is 0 Å². The molecule has 2 rings (SSSR count). The van der Waals surface area contributed by atoms with Gasteiger partial charge in [-0.2, -0.15) is 0 Å². The van der Waals surface area contributed by atoms with Crippen LogP contribution in [-0.4, -0.2) is 38.0 Å². The van der Waals surface area contributed by atoms with Crippen molar-refractivity contribution in [1.82, 2.24) is 0 Å². The summed E-state index contributed by atoms with van der Waals surface area (Å²) in [6.07, 6.45) is 1.73. The molecule has 1 aliphatic heterocycles. The minimum atomic E-state index is -0.583. The van der Waals surface area contributed by atoms with Gasteiger partial charge in [-0.3, -0.25) is 0 Å². The van der Waals surface area contributed by atoms with Crippen molar-refractivity contribution in [2.75, 3.05) is 26.1 Å². The standard InChI is InChI=1S/C16H18N2O3/c1-10-14(16(20)21-4)15(19)13(17-10)9-11-5-7-12(8-6-11)18(2)3/h5-9,19H,1-4H3/b13-9+. The lowest BCUT2D eigenvalue weighted by Crippen LogP contribution is -2.11. The summed E-state index contributed by atoms with van der Waals surface area (Å²) in [4.78, 5) is 17.8. The van der Waals surface area contributed by atoms with Gasteiger partial charge in [-0.25, -0.2) is 9.79 Å². The molecule has 0 unspecified atom stereocenters. The zero-order chi connectivity index (χ0) is 15.6. The fraction of sp³-hybridized carbons (Fsp3) is 0.250. The van der Waals surface area contributed by atoms with E-state index in [1.54, 1.807) is 13.0 Å². The fourth-order valence-electron chi connectivity index (χ4n) is 2.06. The Labute approximate surface area is 123 Å². The molecule has 1 aliphatic rings. The van der Waals surface area contributed by atoms with E-state index in [0.29, 0.717) is 11.4 Å². The van der Waals surface area contributed by atoms with Gasteiger partial charge in [0, 0.05) is 19.8 Å². The Kier molecular flexibility index (Phi) is 4.12. The monoisotopic (exact) mass is 286 g/mol. The number of methoxy groups -OCH3 is 1. The molecular weight excluding hydrogens is 268 g/mol. The fourth-order valence-corrected chi connectivity index (χ4v) is 2.06. The predicted molar refractivity (Wildman–Crippen MR) is 83.5 cm³/mol. The first-order chi connectivity index (χ1) is 9.93. The van der Waals surface area contributed by atoms with E-state index in [2.05, 4.69) is 9.73 Å². The lowest BCUT2D eigenvalue weighted by atomic mass is 10.1. The SMILES string of the molecule is COC(=O)C1=C(O)/C(=C\c2ccc(N(C)C)cc2)N=C1C. The van der Waals surface area contributed by atoms with Crippen LogP contribution in [0.2, 0.25) is 0 Å². The molecule has 0 saturated heterocycles. The molecule has 0 amide bonds. The second-order valence-corrected chi connectivity index (χ2v) is 4.93. The summed E-state index contributed by atoms with van der Waals surface area (Å²) in [6, 6.07) is 7.80. The molecule has 0 spiro atoms. The number of rotatable bonds is 3. The van der Waals surface area contributed by atoms with Gasteiger partial charge in [0.15, 0.2) is 5.76 Å². The average molecular weight is 286 g/mol. The summed E-state index contributed by atoms with van der Waals surface area (Å²) in [5.41, 5.74) is 2.91. The third kappa shape index (κ3) is 2.97. The molecule has 0 fully saturated rings. The molecule has 5 nitrogen and oxygen atoms in total. The van der Waals surface area contributed by atoms with E-state index in [1.165, 1.54) is 7.11 Å². The highest BCUT2D eigenvalue weighted by molar-refractivity contribution is 6.21. The number of carbonyl (C=O) groups is 1. The van der Waals surface area contributed by atoms with Gasteiger partial charge in [0.25, 0.3) is 0 Å². The van der Waals surface area contributed by atoms with Crippen LogP contribution in [0.5, 0.6) is 0 Å². The Morgan fingerprint density at radius 3 is 2.43 bits per heavy atom. The van der Waals surface area contributed by atoms with Gasteiger partial charge < -0.3 is 14.7 Å². The largest absolute Gasteiger partial charge is 0.505 e. The van der Waals surface area contributed by atoms with Crippen molar-refractivity contribution in [1.29, 1.82) is 0 Å². The Balaban J connectivity index is 2.34. The molecule has 21 heavy (non-hydrogen) atoms. The van der Waals surface area contributed by atoms with Gasteiger partial charge in [-0.15, -0.1) is 0 Å². The second-order valence-electron chi connectivity index (χ2n) is 4.93. The van der Waals surface area contributed by atoms with Crippen LogP contribution in [0.3, 0.4) is 0 Å². The summed E-state index contributed by atoms with van der Waals surface area (Å²) >= 11 is 0. The number of hydrogen-bond donors (Lipinski definition) is 1. The Hall–Kier alpha value is -2.56. The number of aliphatic hydroxyl groups is 1. The molecule has 0 saturated carbocycles. The van der Waals surface area contributed by atoms with Crippen molar-refractivity contribution in [3.63, 3.8) is 0 Å². The number of carbonyl (C=O) groups excluding carboxylic acids is 1. The summed E-state index contributed by atoms with van der Waals surface area (Å²) < 4.78 is 4.65. The molecule has 0 bridgehead atoms. The van der Waals surface area contributed by atoms with Crippen LogP contribution in [0.15, 0.2) is 46.3 Å². The topological polar surface area (TPSA) is 62.1 Å². The first-order valence-corrected chi connectivity index (χ1v) is 6.50. The number of anilines is 1. The lowest BCUT2D eigenvalue weighted by Gasteiger charge is -2.11. The van der Waals surface area contributed by atoms with Crippen molar-refractivity contribution in [2.24, 2.45) is 4.99 Å². The molecule has 1 heterocycles. The van der Waals surface area contributed by atoms with Gasteiger partial charge in [-0.1, -0.05) is 12.1 Å². The molecule has 0 radical (unpaired) electrons. The molecule has 1 aromatic carbocycles. The van der Waals surface area contributed by atoms with Crippen LogP contribution in [0.1, 0.15) is 12.5 Å². The van der Waals surface area contributed by atoms with E-state index in [0.717, 1.165) is 11.3 Å².